The molecular weight excluding hydrogens is 360 g/mol. The summed E-state index contributed by atoms with van der Waals surface area (Å²) in [6, 6.07) is 6.06. The van der Waals surface area contributed by atoms with E-state index in [4.69, 9.17) is 4.52 Å². The van der Waals surface area contributed by atoms with E-state index in [1.165, 1.54) is 12.1 Å². The number of nitro benzene ring substituents is 1. The first-order valence-electron chi connectivity index (χ1n) is 7.67. The Labute approximate surface area is 153 Å². The van der Waals surface area contributed by atoms with Crippen LogP contribution in [0.1, 0.15) is 18.2 Å². The van der Waals surface area contributed by atoms with Crippen molar-refractivity contribution < 1.29 is 19.0 Å². The van der Waals surface area contributed by atoms with E-state index in [2.05, 4.69) is 15.8 Å². The number of nitrogens with zero attached hydrogens (tertiary/aromatic N) is 2. The minimum absolute atomic E-state index is 0.0224. The van der Waals surface area contributed by atoms with E-state index >= 15 is 0 Å². The Morgan fingerprint density at radius 1 is 1.35 bits per heavy atom. The zero-order valence-electron chi connectivity index (χ0n) is 14.4. The Morgan fingerprint density at radius 3 is 2.69 bits per heavy atom. The minimum atomic E-state index is -0.502. The summed E-state index contributed by atoms with van der Waals surface area (Å²) in [5.74, 6) is 0.260. The van der Waals surface area contributed by atoms with Gasteiger partial charge < -0.3 is 15.2 Å². The number of carbonyl (C=O) groups excluding carboxylic acids is 2. The third kappa shape index (κ3) is 5.06. The number of anilines is 2. The number of hydrogen-bond acceptors (Lipinski definition) is 7. The van der Waals surface area contributed by atoms with E-state index < -0.39 is 10.2 Å². The van der Waals surface area contributed by atoms with Gasteiger partial charge in [0.25, 0.3) is 5.69 Å². The number of carbonyl (C=O) groups is 2. The molecule has 138 valence electrons. The predicted octanol–water partition coefficient (Wildman–Crippen LogP) is 2.90. The lowest BCUT2D eigenvalue weighted by Gasteiger charge is -2.11. The first-order valence-corrected chi connectivity index (χ1v) is 8.72. The quantitative estimate of drug-likeness (QED) is 0.560. The van der Waals surface area contributed by atoms with Crippen molar-refractivity contribution in [2.45, 2.75) is 26.0 Å². The average molecular weight is 378 g/mol. The molecule has 0 aliphatic rings. The molecule has 0 spiro atoms. The summed E-state index contributed by atoms with van der Waals surface area (Å²) in [7, 11) is 0. The highest BCUT2D eigenvalue weighted by molar-refractivity contribution is 8.01. The Kier molecular flexibility index (Phi) is 6.34. The van der Waals surface area contributed by atoms with Crippen LogP contribution in [-0.2, 0) is 9.59 Å². The average Bonchev–Trinajstić information content (AvgIpc) is 2.99. The summed E-state index contributed by atoms with van der Waals surface area (Å²) in [4.78, 5) is 34.6. The molecule has 2 aromatic rings. The third-order valence-corrected chi connectivity index (χ3v) is 4.63. The summed E-state index contributed by atoms with van der Waals surface area (Å²) in [5, 5.41) is 19.3. The van der Waals surface area contributed by atoms with Crippen LogP contribution in [0.15, 0.2) is 28.8 Å². The van der Waals surface area contributed by atoms with Crippen molar-refractivity contribution in [1.82, 2.24) is 5.16 Å². The lowest BCUT2D eigenvalue weighted by atomic mass is 10.1. The minimum Gasteiger partial charge on any atom is -0.360 e. The molecule has 0 aliphatic carbocycles. The van der Waals surface area contributed by atoms with Gasteiger partial charge in [0.2, 0.25) is 11.8 Å². The van der Waals surface area contributed by atoms with E-state index in [0.29, 0.717) is 22.8 Å². The molecule has 26 heavy (non-hydrogen) atoms. The van der Waals surface area contributed by atoms with Gasteiger partial charge in [0.1, 0.15) is 5.76 Å². The fourth-order valence-electron chi connectivity index (χ4n) is 2.07. The topological polar surface area (TPSA) is 127 Å². The lowest BCUT2D eigenvalue weighted by Crippen LogP contribution is -2.25. The Hall–Kier alpha value is -2.88. The first-order chi connectivity index (χ1) is 12.3. The summed E-state index contributed by atoms with van der Waals surface area (Å²) in [5.41, 5.74) is 0.689. The maximum Gasteiger partial charge on any atom is 0.274 e. The van der Waals surface area contributed by atoms with Crippen LogP contribution in [0.3, 0.4) is 0 Å². The second-order valence-electron chi connectivity index (χ2n) is 5.52. The highest BCUT2D eigenvalue weighted by atomic mass is 32.2. The van der Waals surface area contributed by atoms with E-state index in [0.717, 1.165) is 11.8 Å². The van der Waals surface area contributed by atoms with Crippen LogP contribution in [0, 0.1) is 24.0 Å². The van der Waals surface area contributed by atoms with Gasteiger partial charge in [-0.05, 0) is 26.8 Å². The molecule has 0 saturated carbocycles. The van der Waals surface area contributed by atoms with Crippen molar-refractivity contribution in [2.75, 3.05) is 16.4 Å². The van der Waals surface area contributed by atoms with Crippen molar-refractivity contribution in [3.05, 3.63) is 45.7 Å². The van der Waals surface area contributed by atoms with E-state index in [1.54, 1.807) is 32.9 Å². The number of aryl methyl sites for hydroxylation is 1. The number of nitrogens with one attached hydrogen (secondary N) is 2. The molecule has 0 fully saturated rings. The molecule has 2 rings (SSSR count). The van der Waals surface area contributed by atoms with Crippen LogP contribution in [0.2, 0.25) is 0 Å². The van der Waals surface area contributed by atoms with Gasteiger partial charge >= 0.3 is 0 Å². The summed E-state index contributed by atoms with van der Waals surface area (Å²) < 4.78 is 4.86. The standard InChI is InChI=1S/C16H18N4O5S/c1-9-7-14(19-25-9)18-16(22)11(3)26-8-15(21)17-12-5-4-6-13(10(12)2)20(23)24/h4-7,11H,8H2,1-3H3,(H,17,21)(H,18,19,22)/t11-/m0/s1. The summed E-state index contributed by atoms with van der Waals surface area (Å²) in [6.07, 6.45) is 0. The Balaban J connectivity index is 1.87. The normalized spacial score (nSPS) is 11.7. The number of thioether (sulfide) groups is 1. The maximum atomic E-state index is 12.1. The highest BCUT2D eigenvalue weighted by Gasteiger charge is 2.18. The molecule has 0 unspecified atom stereocenters. The lowest BCUT2D eigenvalue weighted by molar-refractivity contribution is -0.385. The highest BCUT2D eigenvalue weighted by Crippen LogP contribution is 2.25. The van der Waals surface area contributed by atoms with Gasteiger partial charge in [0.15, 0.2) is 5.82 Å². The molecule has 0 saturated heterocycles. The predicted molar refractivity (Wildman–Crippen MR) is 98.3 cm³/mol. The summed E-state index contributed by atoms with van der Waals surface area (Å²) >= 11 is 1.14. The second kappa shape index (κ2) is 8.48. The molecule has 0 radical (unpaired) electrons. The molecule has 1 aromatic heterocycles. The van der Waals surface area contributed by atoms with Crippen LogP contribution in [0.4, 0.5) is 17.2 Å². The maximum absolute atomic E-state index is 12.1. The molecule has 2 amide bonds. The first kappa shape index (κ1) is 19.4. The van der Waals surface area contributed by atoms with Crippen molar-refractivity contribution in [1.29, 1.82) is 0 Å². The molecule has 1 aromatic carbocycles. The number of benzene rings is 1. The van der Waals surface area contributed by atoms with Gasteiger partial charge in [-0.3, -0.25) is 19.7 Å². The molecule has 0 bridgehead atoms. The van der Waals surface area contributed by atoms with Crippen LogP contribution in [-0.4, -0.2) is 32.9 Å². The zero-order valence-corrected chi connectivity index (χ0v) is 15.3. The number of aromatic nitrogens is 1. The molecular formula is C16H18N4O5S. The Morgan fingerprint density at radius 2 is 2.08 bits per heavy atom. The third-order valence-electron chi connectivity index (χ3n) is 3.49. The van der Waals surface area contributed by atoms with Gasteiger partial charge in [-0.15, -0.1) is 11.8 Å². The van der Waals surface area contributed by atoms with Gasteiger partial charge in [0, 0.05) is 12.1 Å². The van der Waals surface area contributed by atoms with Crippen LogP contribution < -0.4 is 10.6 Å². The molecule has 1 heterocycles. The number of amides is 2. The van der Waals surface area contributed by atoms with E-state index in [9.17, 15) is 19.7 Å². The number of rotatable bonds is 7. The largest absolute Gasteiger partial charge is 0.360 e. The van der Waals surface area contributed by atoms with E-state index in [1.807, 2.05) is 0 Å². The Bertz CT molecular complexity index is 836. The molecule has 9 nitrogen and oxygen atoms in total. The molecule has 0 aliphatic heterocycles. The van der Waals surface area contributed by atoms with Gasteiger partial charge in [-0.1, -0.05) is 11.2 Å². The fourth-order valence-corrected chi connectivity index (χ4v) is 2.76. The smallest absolute Gasteiger partial charge is 0.274 e. The summed E-state index contributed by atoms with van der Waals surface area (Å²) in [6.45, 7) is 4.94. The number of hydrogen-bond donors (Lipinski definition) is 2. The molecule has 10 heteroatoms. The van der Waals surface area contributed by atoms with Crippen molar-refractivity contribution >= 4 is 40.8 Å². The van der Waals surface area contributed by atoms with Gasteiger partial charge in [0.05, 0.1) is 27.2 Å². The van der Waals surface area contributed by atoms with Crippen molar-refractivity contribution in [3.63, 3.8) is 0 Å². The number of nitro groups is 1. The fraction of sp³-hybridized carbons (Fsp3) is 0.312. The van der Waals surface area contributed by atoms with Crippen LogP contribution in [0.25, 0.3) is 0 Å². The van der Waals surface area contributed by atoms with Crippen molar-refractivity contribution in [3.8, 4) is 0 Å². The van der Waals surface area contributed by atoms with Crippen molar-refractivity contribution in [2.24, 2.45) is 0 Å². The molecule has 1 atom stereocenters. The second-order valence-corrected chi connectivity index (χ2v) is 6.85. The van der Waals surface area contributed by atoms with Crippen LogP contribution >= 0.6 is 11.8 Å². The van der Waals surface area contributed by atoms with Crippen LogP contribution in [0.5, 0.6) is 0 Å². The van der Waals surface area contributed by atoms with Gasteiger partial charge in [-0.2, -0.15) is 0 Å². The molecule has 2 N–H and O–H groups in total. The van der Waals surface area contributed by atoms with Gasteiger partial charge in [-0.25, -0.2) is 0 Å². The monoisotopic (exact) mass is 378 g/mol. The SMILES string of the molecule is Cc1cc(NC(=O)[C@H](C)SCC(=O)Nc2cccc([N+](=O)[O-])c2C)no1. The zero-order chi connectivity index (χ0) is 19.3. The van der Waals surface area contributed by atoms with E-state index in [-0.39, 0.29) is 23.3 Å².